The van der Waals surface area contributed by atoms with E-state index >= 15 is 0 Å². The van der Waals surface area contributed by atoms with E-state index < -0.39 is 15.9 Å². The van der Waals surface area contributed by atoms with E-state index in [9.17, 15) is 18.0 Å². The van der Waals surface area contributed by atoms with Crippen LogP contribution in [-0.4, -0.2) is 31.0 Å². The van der Waals surface area contributed by atoms with Gasteiger partial charge in [0.05, 0.1) is 17.1 Å². The molecule has 9 heteroatoms. The Morgan fingerprint density at radius 2 is 2.00 bits per heavy atom. The number of hydrogen-bond acceptors (Lipinski definition) is 6. The topological polar surface area (TPSA) is 96.4 Å². The summed E-state index contributed by atoms with van der Waals surface area (Å²) in [4.78, 5) is 28.0. The van der Waals surface area contributed by atoms with Crippen LogP contribution in [0.2, 0.25) is 0 Å². The minimum Gasteiger partial charge on any atom is -0.298 e. The van der Waals surface area contributed by atoms with Gasteiger partial charge in [0.25, 0.3) is 5.91 Å². The summed E-state index contributed by atoms with van der Waals surface area (Å²) in [6.07, 6.45) is -0.0199. The number of nitrogens with one attached hydrogen (secondary N) is 1. The minimum absolute atomic E-state index is 0.0199. The van der Waals surface area contributed by atoms with Crippen LogP contribution in [0.1, 0.15) is 22.5 Å². The lowest BCUT2D eigenvalue weighted by atomic mass is 10.2. The highest BCUT2D eigenvalue weighted by molar-refractivity contribution is 7.94. The van der Waals surface area contributed by atoms with Crippen molar-refractivity contribution in [1.29, 1.82) is 0 Å². The van der Waals surface area contributed by atoms with Gasteiger partial charge in [0.1, 0.15) is 0 Å². The number of aryl methyl sites for hydroxylation is 1. The highest BCUT2D eigenvalue weighted by Gasteiger charge is 2.36. The monoisotopic (exact) mass is 351 g/mol. The first-order valence-corrected chi connectivity index (χ1v) is 9.25. The highest BCUT2D eigenvalue weighted by atomic mass is 32.2. The van der Waals surface area contributed by atoms with E-state index in [1.54, 1.807) is 0 Å². The number of carbonyl (C=O) groups excluding carboxylic acids is 2. The predicted molar refractivity (Wildman–Crippen MR) is 87.1 cm³/mol. The maximum Gasteiger partial charge on any atom is 0.257 e. The maximum absolute atomic E-state index is 12.1. The Morgan fingerprint density at radius 1 is 1.30 bits per heavy atom. The Hall–Kier alpha value is -2.26. The molecule has 0 unspecified atom stereocenters. The Morgan fingerprint density at radius 3 is 2.52 bits per heavy atom. The molecule has 1 N–H and O–H groups in total. The molecular weight excluding hydrogens is 338 g/mol. The SMILES string of the molecule is Cc1csc(NC(=O)c2ccc(N3C(=O)CCS3(=O)=O)cc2)n1. The summed E-state index contributed by atoms with van der Waals surface area (Å²) in [7, 11) is -3.59. The minimum atomic E-state index is -3.59. The zero-order valence-corrected chi connectivity index (χ0v) is 13.8. The number of benzene rings is 1. The van der Waals surface area contributed by atoms with Crippen LogP contribution in [0.25, 0.3) is 0 Å². The number of nitrogens with zero attached hydrogens (tertiary/aromatic N) is 2. The second kappa shape index (κ2) is 5.74. The molecule has 3 rings (SSSR count). The van der Waals surface area contributed by atoms with Gasteiger partial charge < -0.3 is 0 Å². The molecule has 2 heterocycles. The van der Waals surface area contributed by atoms with Crippen molar-refractivity contribution in [3.05, 3.63) is 40.9 Å². The fraction of sp³-hybridized carbons (Fsp3) is 0.214. The van der Waals surface area contributed by atoms with Crippen LogP contribution in [0, 0.1) is 6.92 Å². The summed E-state index contributed by atoms with van der Waals surface area (Å²) in [5, 5.41) is 4.98. The van der Waals surface area contributed by atoms with Crippen LogP contribution in [0.3, 0.4) is 0 Å². The first-order valence-electron chi connectivity index (χ1n) is 6.76. The van der Waals surface area contributed by atoms with Crippen molar-refractivity contribution in [3.63, 3.8) is 0 Å². The second-order valence-electron chi connectivity index (χ2n) is 5.02. The molecule has 1 aromatic heterocycles. The van der Waals surface area contributed by atoms with E-state index in [4.69, 9.17) is 0 Å². The standard InChI is InChI=1S/C14H13N3O4S2/c1-9-8-22-14(15-9)16-13(19)10-2-4-11(5-3-10)17-12(18)6-7-23(17,20)21/h2-5,8H,6-7H2,1H3,(H,15,16,19). The Kier molecular flexibility index (Phi) is 3.90. The van der Waals surface area contributed by atoms with E-state index in [-0.39, 0.29) is 23.8 Å². The molecule has 120 valence electrons. The van der Waals surface area contributed by atoms with Crippen molar-refractivity contribution in [2.45, 2.75) is 13.3 Å². The van der Waals surface area contributed by atoms with E-state index in [2.05, 4.69) is 10.3 Å². The molecule has 0 aliphatic carbocycles. The third-order valence-electron chi connectivity index (χ3n) is 3.28. The molecular formula is C14H13N3O4S2. The summed E-state index contributed by atoms with van der Waals surface area (Å²) >= 11 is 1.32. The largest absolute Gasteiger partial charge is 0.298 e. The van der Waals surface area contributed by atoms with Crippen LogP contribution in [0.15, 0.2) is 29.6 Å². The lowest BCUT2D eigenvalue weighted by molar-refractivity contribution is -0.116. The molecule has 0 saturated carbocycles. The first-order chi connectivity index (χ1) is 10.9. The summed E-state index contributed by atoms with van der Waals surface area (Å²) < 4.78 is 24.5. The third kappa shape index (κ3) is 3.10. The van der Waals surface area contributed by atoms with Crippen molar-refractivity contribution >= 4 is 44.0 Å². The number of aromatic nitrogens is 1. The smallest absolute Gasteiger partial charge is 0.257 e. The van der Waals surface area contributed by atoms with Crippen molar-refractivity contribution in [3.8, 4) is 0 Å². The van der Waals surface area contributed by atoms with Gasteiger partial charge in [-0.25, -0.2) is 17.7 Å². The molecule has 1 aliphatic heterocycles. The van der Waals surface area contributed by atoms with Gasteiger partial charge in [-0.05, 0) is 31.2 Å². The van der Waals surface area contributed by atoms with Crippen molar-refractivity contribution in [2.75, 3.05) is 15.4 Å². The quantitative estimate of drug-likeness (QED) is 0.909. The fourth-order valence-corrected chi connectivity index (χ4v) is 4.34. The molecule has 2 amide bonds. The van der Waals surface area contributed by atoms with Gasteiger partial charge in [-0.1, -0.05) is 0 Å². The van der Waals surface area contributed by atoms with Crippen molar-refractivity contribution < 1.29 is 18.0 Å². The van der Waals surface area contributed by atoms with Crippen LogP contribution in [0.4, 0.5) is 10.8 Å². The van der Waals surface area contributed by atoms with Gasteiger partial charge >= 0.3 is 0 Å². The Bertz CT molecular complexity index is 872. The molecule has 1 aromatic carbocycles. The number of hydrogen-bond donors (Lipinski definition) is 1. The number of sulfonamides is 1. The van der Waals surface area contributed by atoms with Gasteiger partial charge in [-0.3, -0.25) is 14.9 Å². The van der Waals surface area contributed by atoms with Crippen LogP contribution >= 0.6 is 11.3 Å². The molecule has 7 nitrogen and oxygen atoms in total. The van der Waals surface area contributed by atoms with E-state index in [1.165, 1.54) is 35.6 Å². The lowest BCUT2D eigenvalue weighted by Crippen LogP contribution is -2.29. The molecule has 0 atom stereocenters. The number of rotatable bonds is 3. The average Bonchev–Trinajstić information content (AvgIpc) is 3.02. The molecule has 1 aliphatic rings. The number of carbonyl (C=O) groups is 2. The number of thiazole rings is 1. The maximum atomic E-state index is 12.1. The van der Waals surface area contributed by atoms with Gasteiger partial charge in [-0.15, -0.1) is 11.3 Å². The van der Waals surface area contributed by atoms with Crippen LogP contribution in [-0.2, 0) is 14.8 Å². The Balaban J connectivity index is 1.79. The molecule has 1 fully saturated rings. The van der Waals surface area contributed by atoms with Gasteiger partial charge in [0, 0.05) is 17.4 Å². The van der Waals surface area contributed by atoms with Gasteiger partial charge in [0.2, 0.25) is 15.9 Å². The summed E-state index contributed by atoms with van der Waals surface area (Å²) in [5.41, 5.74) is 1.41. The van der Waals surface area contributed by atoms with Gasteiger partial charge in [-0.2, -0.15) is 0 Å². The normalized spacial score (nSPS) is 16.6. The summed E-state index contributed by atoms with van der Waals surface area (Å²) in [6, 6.07) is 5.85. The molecule has 0 bridgehead atoms. The number of anilines is 2. The van der Waals surface area contributed by atoms with Crippen LogP contribution < -0.4 is 9.62 Å². The second-order valence-corrected chi connectivity index (χ2v) is 7.81. The zero-order valence-electron chi connectivity index (χ0n) is 12.1. The van der Waals surface area contributed by atoms with Crippen LogP contribution in [0.5, 0.6) is 0 Å². The molecule has 2 aromatic rings. The van der Waals surface area contributed by atoms with Crippen molar-refractivity contribution in [1.82, 2.24) is 4.98 Å². The first kappa shape index (κ1) is 15.6. The lowest BCUT2D eigenvalue weighted by Gasteiger charge is -2.15. The molecule has 0 spiro atoms. The Labute approximate surface area is 137 Å². The van der Waals surface area contributed by atoms with E-state index in [0.717, 1.165) is 10.00 Å². The average molecular weight is 351 g/mol. The molecule has 1 saturated heterocycles. The van der Waals surface area contributed by atoms with Gasteiger partial charge in [0.15, 0.2) is 5.13 Å². The fourth-order valence-electron chi connectivity index (χ4n) is 2.20. The predicted octanol–water partition coefficient (Wildman–Crippen LogP) is 1.77. The van der Waals surface area contributed by atoms with Crippen molar-refractivity contribution in [2.24, 2.45) is 0 Å². The molecule has 0 radical (unpaired) electrons. The summed E-state index contributed by atoms with van der Waals surface area (Å²) in [6.45, 7) is 1.83. The number of amides is 2. The van der Waals surface area contributed by atoms with E-state index in [1.807, 2.05) is 12.3 Å². The van der Waals surface area contributed by atoms with E-state index in [0.29, 0.717) is 10.7 Å². The highest BCUT2D eigenvalue weighted by Crippen LogP contribution is 2.25. The molecule has 23 heavy (non-hydrogen) atoms. The zero-order chi connectivity index (χ0) is 16.6. The third-order valence-corrected chi connectivity index (χ3v) is 5.85. The summed E-state index contributed by atoms with van der Waals surface area (Å²) in [5.74, 6) is -0.987.